The predicted molar refractivity (Wildman–Crippen MR) is 105 cm³/mol. The molecular formula is C20H19F2N3OS. The largest absolute Gasteiger partial charge is 0.397 e. The Bertz CT molecular complexity index is 1040. The quantitative estimate of drug-likeness (QED) is 0.655. The summed E-state index contributed by atoms with van der Waals surface area (Å²) in [6, 6.07) is 7.91. The summed E-state index contributed by atoms with van der Waals surface area (Å²) in [7, 11) is 0. The Kier molecular flexibility index (Phi) is 4.34. The number of fused-ring (bicyclic) bond motifs is 2. The average molecular weight is 387 g/mol. The van der Waals surface area contributed by atoms with Gasteiger partial charge in [-0.2, -0.15) is 0 Å². The number of nitrogens with two attached hydrogens (primary N) is 1. The lowest BCUT2D eigenvalue weighted by atomic mass is 9.95. The topological polar surface area (TPSA) is 68.0 Å². The maximum Gasteiger partial charge on any atom is 0.272 e. The maximum absolute atomic E-state index is 13.8. The van der Waals surface area contributed by atoms with E-state index in [2.05, 4.69) is 10.3 Å². The zero-order chi connectivity index (χ0) is 19.2. The fraction of sp³-hybridized carbons (Fsp3) is 0.300. The second kappa shape index (κ2) is 6.56. The zero-order valence-corrected chi connectivity index (χ0v) is 15.6. The van der Waals surface area contributed by atoms with E-state index in [9.17, 15) is 13.6 Å². The van der Waals surface area contributed by atoms with Crippen LogP contribution in [-0.2, 0) is 18.8 Å². The third kappa shape index (κ3) is 3.27. The molecule has 3 N–H and O–H groups in total. The van der Waals surface area contributed by atoms with Crippen molar-refractivity contribution in [3.8, 4) is 0 Å². The van der Waals surface area contributed by atoms with Crippen molar-refractivity contribution in [3.63, 3.8) is 0 Å². The molecule has 27 heavy (non-hydrogen) atoms. The minimum absolute atomic E-state index is 0.0825. The molecule has 2 heterocycles. The number of nitrogens with one attached hydrogen (secondary N) is 1. The van der Waals surface area contributed by atoms with E-state index < -0.39 is 11.8 Å². The molecular weight excluding hydrogens is 368 g/mol. The van der Waals surface area contributed by atoms with Crippen molar-refractivity contribution in [1.29, 1.82) is 0 Å². The van der Waals surface area contributed by atoms with Crippen molar-refractivity contribution in [1.82, 2.24) is 4.98 Å². The molecule has 0 fully saturated rings. The lowest BCUT2D eigenvalue weighted by Gasteiger charge is -2.16. The molecule has 1 aliphatic carbocycles. The molecule has 0 spiro atoms. The van der Waals surface area contributed by atoms with E-state index in [4.69, 9.17) is 5.73 Å². The van der Waals surface area contributed by atoms with E-state index in [-0.39, 0.29) is 11.3 Å². The van der Waals surface area contributed by atoms with Gasteiger partial charge < -0.3 is 11.1 Å². The van der Waals surface area contributed by atoms with Crippen LogP contribution in [0, 0.1) is 0 Å². The number of carbonyl (C=O) groups excluding carboxylic acids is 1. The van der Waals surface area contributed by atoms with Gasteiger partial charge in [0.2, 0.25) is 0 Å². The van der Waals surface area contributed by atoms with Crippen molar-refractivity contribution >= 4 is 38.8 Å². The highest BCUT2D eigenvalue weighted by Gasteiger charge is 2.28. The van der Waals surface area contributed by atoms with Crippen LogP contribution in [0.3, 0.4) is 0 Å². The van der Waals surface area contributed by atoms with E-state index >= 15 is 0 Å². The molecule has 140 valence electrons. The second-order valence-corrected chi connectivity index (χ2v) is 7.89. The van der Waals surface area contributed by atoms with Crippen LogP contribution < -0.4 is 11.1 Å². The summed E-state index contributed by atoms with van der Waals surface area (Å²) >= 11 is 1.20. The van der Waals surface area contributed by atoms with Crippen molar-refractivity contribution in [2.24, 2.45) is 0 Å². The van der Waals surface area contributed by atoms with E-state index in [1.165, 1.54) is 35.1 Å². The summed E-state index contributed by atoms with van der Waals surface area (Å²) in [5, 5.41) is 3.35. The Morgan fingerprint density at radius 1 is 1.26 bits per heavy atom. The number of aromatic nitrogens is 1. The molecule has 1 aliphatic rings. The highest BCUT2D eigenvalue weighted by Crippen LogP contribution is 2.37. The summed E-state index contributed by atoms with van der Waals surface area (Å²) in [6.45, 7) is 0.806. The number of rotatable bonds is 3. The molecule has 7 heteroatoms. The third-order valence-corrected chi connectivity index (χ3v) is 5.97. The van der Waals surface area contributed by atoms with E-state index in [0.717, 1.165) is 43.7 Å². The van der Waals surface area contributed by atoms with Gasteiger partial charge in [0, 0.05) is 23.6 Å². The molecule has 0 saturated heterocycles. The Labute approximate surface area is 159 Å². The number of nitrogens with zero attached hydrogens (tertiary/aromatic N) is 1. The molecule has 0 bridgehead atoms. The first-order valence-corrected chi connectivity index (χ1v) is 9.65. The van der Waals surface area contributed by atoms with Gasteiger partial charge in [-0.1, -0.05) is 18.2 Å². The number of thiophene rings is 1. The zero-order valence-electron chi connectivity index (χ0n) is 14.8. The Balaban J connectivity index is 1.71. The van der Waals surface area contributed by atoms with E-state index in [1.54, 1.807) is 6.07 Å². The number of para-hydroxylation sites is 1. The van der Waals surface area contributed by atoms with Crippen molar-refractivity contribution < 1.29 is 13.6 Å². The lowest BCUT2D eigenvalue weighted by Crippen LogP contribution is -2.17. The average Bonchev–Trinajstić information content (AvgIpc) is 2.95. The van der Waals surface area contributed by atoms with Crippen LogP contribution in [0.15, 0.2) is 30.3 Å². The smallest absolute Gasteiger partial charge is 0.272 e. The summed E-state index contributed by atoms with van der Waals surface area (Å²) in [4.78, 5) is 18.4. The van der Waals surface area contributed by atoms with Gasteiger partial charge in [-0.25, -0.2) is 13.8 Å². The SMILES string of the molecule is CC(F)(F)c1ccccc1NC(=O)c1sc2nc3c(cc2c1N)CCCC3. The highest BCUT2D eigenvalue weighted by atomic mass is 32.1. The molecule has 1 aromatic carbocycles. The number of amides is 1. The molecule has 4 rings (SSSR count). The van der Waals surface area contributed by atoms with Crippen LogP contribution in [0.2, 0.25) is 0 Å². The highest BCUT2D eigenvalue weighted by molar-refractivity contribution is 7.21. The number of carbonyl (C=O) groups is 1. The van der Waals surface area contributed by atoms with E-state index in [0.29, 0.717) is 15.4 Å². The number of benzene rings is 1. The molecule has 4 nitrogen and oxygen atoms in total. The number of alkyl halides is 2. The van der Waals surface area contributed by atoms with Crippen LogP contribution in [0.5, 0.6) is 0 Å². The molecule has 1 amide bonds. The number of hydrogen-bond acceptors (Lipinski definition) is 4. The van der Waals surface area contributed by atoms with E-state index in [1.807, 2.05) is 6.07 Å². The van der Waals surface area contributed by atoms with Crippen LogP contribution in [-0.4, -0.2) is 10.9 Å². The molecule has 3 aromatic rings. The normalized spacial score (nSPS) is 14.2. The summed E-state index contributed by atoms with van der Waals surface area (Å²) in [5.74, 6) is -3.55. The Hall–Kier alpha value is -2.54. The van der Waals surface area contributed by atoms with Gasteiger partial charge in [0.15, 0.2) is 0 Å². The molecule has 0 saturated carbocycles. The van der Waals surface area contributed by atoms with Gasteiger partial charge in [-0.3, -0.25) is 4.79 Å². The van der Waals surface area contributed by atoms with Crippen molar-refractivity contribution in [2.45, 2.75) is 38.5 Å². The van der Waals surface area contributed by atoms with Crippen LogP contribution >= 0.6 is 11.3 Å². The van der Waals surface area contributed by atoms with Gasteiger partial charge >= 0.3 is 0 Å². The summed E-state index contributed by atoms with van der Waals surface area (Å²) in [5.41, 5.74) is 8.67. The first kappa shape index (κ1) is 17.9. The minimum atomic E-state index is -3.06. The number of pyridine rings is 1. The number of anilines is 2. The molecule has 0 unspecified atom stereocenters. The van der Waals surface area contributed by atoms with Crippen LogP contribution in [0.4, 0.5) is 20.2 Å². The minimum Gasteiger partial charge on any atom is -0.397 e. The van der Waals surface area contributed by atoms with Crippen molar-refractivity contribution in [3.05, 3.63) is 52.0 Å². The lowest BCUT2D eigenvalue weighted by molar-refractivity contribution is 0.0182. The number of nitrogen functional groups attached to an aromatic ring is 1. The molecule has 0 aliphatic heterocycles. The van der Waals surface area contributed by atoms with Gasteiger partial charge in [-0.15, -0.1) is 11.3 Å². The Morgan fingerprint density at radius 2 is 2.00 bits per heavy atom. The second-order valence-electron chi connectivity index (χ2n) is 6.89. The standard InChI is InChI=1S/C20H19F2N3OS/c1-20(21,22)13-7-3-5-9-15(13)24-18(26)17-16(23)12-10-11-6-2-4-8-14(11)25-19(12)27-17/h3,5,7,9-10H,2,4,6,8,23H2,1H3,(H,24,26). The molecule has 0 radical (unpaired) electrons. The first-order valence-electron chi connectivity index (χ1n) is 8.84. The number of halogens is 2. The molecule has 2 aromatic heterocycles. The summed E-state index contributed by atoms with van der Waals surface area (Å²) < 4.78 is 27.6. The van der Waals surface area contributed by atoms with Crippen LogP contribution in [0.1, 0.15) is 46.3 Å². The number of aryl methyl sites for hydroxylation is 2. The third-order valence-electron chi connectivity index (χ3n) is 4.85. The van der Waals surface area contributed by atoms with Gasteiger partial charge in [-0.05, 0) is 43.4 Å². The van der Waals surface area contributed by atoms with Gasteiger partial charge in [0.05, 0.1) is 11.4 Å². The maximum atomic E-state index is 13.8. The van der Waals surface area contributed by atoms with Gasteiger partial charge in [0.1, 0.15) is 9.71 Å². The Morgan fingerprint density at radius 3 is 2.78 bits per heavy atom. The number of hydrogen-bond donors (Lipinski definition) is 2. The molecule has 0 atom stereocenters. The first-order chi connectivity index (χ1) is 12.8. The van der Waals surface area contributed by atoms with Crippen molar-refractivity contribution in [2.75, 3.05) is 11.1 Å². The fourth-order valence-corrected chi connectivity index (χ4v) is 4.47. The fourth-order valence-electron chi connectivity index (χ4n) is 3.48. The van der Waals surface area contributed by atoms with Gasteiger partial charge in [0.25, 0.3) is 11.8 Å². The summed E-state index contributed by atoms with van der Waals surface area (Å²) in [6.07, 6.45) is 4.14. The predicted octanol–water partition coefficient (Wildman–Crippen LogP) is 5.12. The monoisotopic (exact) mass is 387 g/mol. The van der Waals surface area contributed by atoms with Crippen LogP contribution in [0.25, 0.3) is 10.2 Å².